The van der Waals surface area contributed by atoms with Gasteiger partial charge >= 0.3 is 0 Å². The van der Waals surface area contributed by atoms with E-state index in [-0.39, 0.29) is 12.5 Å². The van der Waals surface area contributed by atoms with Crippen LogP contribution in [-0.4, -0.2) is 12.5 Å². The number of amides is 1. The highest BCUT2D eigenvalue weighted by Crippen LogP contribution is 2.19. The number of anilines is 2. The Hall–Kier alpha value is -3.58. The molecule has 0 aromatic heterocycles. The van der Waals surface area contributed by atoms with Gasteiger partial charge in [0.1, 0.15) is 0 Å². The maximum Gasteiger partial charge on any atom is 0.243 e. The van der Waals surface area contributed by atoms with Gasteiger partial charge in [0.05, 0.1) is 18.2 Å². The molecule has 128 valence electrons. The van der Waals surface area contributed by atoms with Crippen LogP contribution in [0.3, 0.4) is 0 Å². The molecule has 4 nitrogen and oxygen atoms in total. The van der Waals surface area contributed by atoms with Crippen LogP contribution in [-0.2, 0) is 11.2 Å². The van der Waals surface area contributed by atoms with Crippen LogP contribution in [0.4, 0.5) is 11.4 Å². The number of nitriles is 1. The zero-order valence-electron chi connectivity index (χ0n) is 14.3. The Morgan fingerprint density at radius 1 is 0.923 bits per heavy atom. The molecule has 0 spiro atoms. The molecule has 3 aromatic carbocycles. The van der Waals surface area contributed by atoms with E-state index in [0.29, 0.717) is 11.3 Å². The summed E-state index contributed by atoms with van der Waals surface area (Å²) in [6.45, 7) is 0.155. The molecule has 0 aliphatic carbocycles. The van der Waals surface area contributed by atoms with Gasteiger partial charge in [-0.25, -0.2) is 0 Å². The van der Waals surface area contributed by atoms with Crippen LogP contribution < -0.4 is 10.6 Å². The molecule has 0 fully saturated rings. The van der Waals surface area contributed by atoms with E-state index in [9.17, 15) is 4.79 Å². The fourth-order valence-electron chi connectivity index (χ4n) is 2.71. The minimum Gasteiger partial charge on any atom is -0.376 e. The molecule has 2 N–H and O–H groups in total. The van der Waals surface area contributed by atoms with Crippen molar-refractivity contribution >= 4 is 17.3 Å². The second kappa shape index (κ2) is 8.50. The van der Waals surface area contributed by atoms with Crippen molar-refractivity contribution in [2.75, 3.05) is 17.2 Å². The van der Waals surface area contributed by atoms with Gasteiger partial charge in [-0.15, -0.1) is 0 Å². The highest BCUT2D eigenvalue weighted by molar-refractivity contribution is 5.94. The summed E-state index contributed by atoms with van der Waals surface area (Å²) in [7, 11) is 0. The minimum atomic E-state index is -0.158. The molecule has 0 saturated carbocycles. The Labute approximate surface area is 153 Å². The number of carbonyl (C=O) groups is 1. The first-order valence-electron chi connectivity index (χ1n) is 8.40. The SMILES string of the molecule is N#Cc1cccc(NC(=O)CNc2ccccc2Cc2ccccc2)c1. The number of rotatable bonds is 6. The molecule has 26 heavy (non-hydrogen) atoms. The van der Waals surface area contributed by atoms with Crippen molar-refractivity contribution in [3.05, 3.63) is 95.6 Å². The standard InChI is InChI=1S/C22H19N3O/c23-15-18-9-6-11-20(14-18)25-22(26)16-24-21-12-5-4-10-19(21)13-17-7-2-1-3-8-17/h1-12,14,24H,13,16H2,(H,25,26). The summed E-state index contributed by atoms with van der Waals surface area (Å²) in [6.07, 6.45) is 0.801. The van der Waals surface area contributed by atoms with Gasteiger partial charge in [0.2, 0.25) is 5.91 Å². The Bertz CT molecular complexity index is 929. The molecule has 0 bridgehead atoms. The first-order chi connectivity index (χ1) is 12.7. The molecule has 0 atom stereocenters. The Kier molecular flexibility index (Phi) is 5.64. The topological polar surface area (TPSA) is 64.9 Å². The molecule has 3 rings (SSSR count). The van der Waals surface area contributed by atoms with Crippen molar-refractivity contribution in [1.82, 2.24) is 0 Å². The van der Waals surface area contributed by atoms with Gasteiger partial charge in [-0.2, -0.15) is 5.26 Å². The predicted molar refractivity (Wildman–Crippen MR) is 104 cm³/mol. The molecule has 0 radical (unpaired) electrons. The maximum atomic E-state index is 12.2. The van der Waals surface area contributed by atoms with Gasteiger partial charge in [0.25, 0.3) is 0 Å². The number of nitrogens with zero attached hydrogens (tertiary/aromatic N) is 1. The average Bonchev–Trinajstić information content (AvgIpc) is 2.68. The Morgan fingerprint density at radius 2 is 1.69 bits per heavy atom. The van der Waals surface area contributed by atoms with Crippen molar-refractivity contribution in [2.45, 2.75) is 6.42 Å². The lowest BCUT2D eigenvalue weighted by molar-refractivity contribution is -0.114. The molecule has 0 unspecified atom stereocenters. The summed E-state index contributed by atoms with van der Waals surface area (Å²) in [5.41, 5.74) is 4.44. The third-order valence-corrected chi connectivity index (χ3v) is 3.97. The number of para-hydroxylation sites is 1. The van der Waals surface area contributed by atoms with Crippen LogP contribution in [0.25, 0.3) is 0 Å². The fourth-order valence-corrected chi connectivity index (χ4v) is 2.71. The second-order valence-corrected chi connectivity index (χ2v) is 5.91. The van der Waals surface area contributed by atoms with Crippen molar-refractivity contribution in [2.24, 2.45) is 0 Å². The molecule has 1 amide bonds. The fraction of sp³-hybridized carbons (Fsp3) is 0.0909. The number of carbonyl (C=O) groups excluding carboxylic acids is 1. The summed E-state index contributed by atoms with van der Waals surface area (Å²) in [5, 5.41) is 14.9. The molecule has 4 heteroatoms. The summed E-state index contributed by atoms with van der Waals surface area (Å²) in [5.74, 6) is -0.158. The largest absolute Gasteiger partial charge is 0.376 e. The normalized spacial score (nSPS) is 9.96. The third kappa shape index (κ3) is 4.71. The lowest BCUT2D eigenvalue weighted by atomic mass is 10.0. The van der Waals surface area contributed by atoms with E-state index in [1.165, 1.54) is 5.56 Å². The molecule has 3 aromatic rings. The van der Waals surface area contributed by atoms with Crippen LogP contribution in [0, 0.1) is 11.3 Å². The quantitative estimate of drug-likeness (QED) is 0.706. The number of hydrogen-bond acceptors (Lipinski definition) is 3. The summed E-state index contributed by atoms with van der Waals surface area (Å²) in [4.78, 5) is 12.2. The molecule has 0 saturated heterocycles. The van der Waals surface area contributed by atoms with E-state index in [0.717, 1.165) is 17.7 Å². The highest BCUT2D eigenvalue weighted by atomic mass is 16.1. The smallest absolute Gasteiger partial charge is 0.243 e. The average molecular weight is 341 g/mol. The lowest BCUT2D eigenvalue weighted by Gasteiger charge is -2.12. The Morgan fingerprint density at radius 3 is 2.50 bits per heavy atom. The number of benzene rings is 3. The van der Waals surface area contributed by atoms with Gasteiger partial charge in [0, 0.05) is 11.4 Å². The van der Waals surface area contributed by atoms with Crippen molar-refractivity contribution < 1.29 is 4.79 Å². The first-order valence-corrected chi connectivity index (χ1v) is 8.40. The molecule has 0 aliphatic heterocycles. The first kappa shape index (κ1) is 17.2. The van der Waals surface area contributed by atoms with Gasteiger partial charge < -0.3 is 10.6 Å². The van der Waals surface area contributed by atoms with Crippen molar-refractivity contribution in [3.8, 4) is 6.07 Å². The van der Waals surface area contributed by atoms with Gasteiger partial charge in [-0.3, -0.25) is 4.79 Å². The van der Waals surface area contributed by atoms with E-state index in [4.69, 9.17) is 5.26 Å². The third-order valence-electron chi connectivity index (χ3n) is 3.97. The van der Waals surface area contributed by atoms with Gasteiger partial charge in [0.15, 0.2) is 0 Å². The number of hydrogen-bond donors (Lipinski definition) is 2. The van der Waals surface area contributed by atoms with Gasteiger partial charge in [-0.05, 0) is 41.8 Å². The zero-order chi connectivity index (χ0) is 18.2. The van der Waals surface area contributed by atoms with E-state index < -0.39 is 0 Å². The van der Waals surface area contributed by atoms with Gasteiger partial charge in [-0.1, -0.05) is 54.6 Å². The maximum absolute atomic E-state index is 12.2. The molecule has 0 heterocycles. The Balaban J connectivity index is 1.62. The zero-order valence-corrected chi connectivity index (χ0v) is 14.3. The van der Waals surface area contributed by atoms with Crippen LogP contribution in [0.5, 0.6) is 0 Å². The molecule has 0 aliphatic rings. The van der Waals surface area contributed by atoms with E-state index >= 15 is 0 Å². The highest BCUT2D eigenvalue weighted by Gasteiger charge is 2.06. The monoisotopic (exact) mass is 341 g/mol. The van der Waals surface area contributed by atoms with Crippen LogP contribution in [0.1, 0.15) is 16.7 Å². The van der Waals surface area contributed by atoms with Crippen LogP contribution >= 0.6 is 0 Å². The van der Waals surface area contributed by atoms with E-state index in [2.05, 4.69) is 34.9 Å². The summed E-state index contributed by atoms with van der Waals surface area (Å²) >= 11 is 0. The summed E-state index contributed by atoms with van der Waals surface area (Å²) in [6, 6.07) is 27.1. The predicted octanol–water partition coefficient (Wildman–Crippen LogP) is 4.20. The summed E-state index contributed by atoms with van der Waals surface area (Å²) < 4.78 is 0. The number of nitrogens with one attached hydrogen (secondary N) is 2. The van der Waals surface area contributed by atoms with E-state index in [1.807, 2.05) is 36.4 Å². The van der Waals surface area contributed by atoms with E-state index in [1.54, 1.807) is 24.3 Å². The molecular formula is C22H19N3O. The van der Waals surface area contributed by atoms with Crippen molar-refractivity contribution in [1.29, 1.82) is 5.26 Å². The molecular weight excluding hydrogens is 322 g/mol. The van der Waals surface area contributed by atoms with Crippen molar-refractivity contribution in [3.63, 3.8) is 0 Å². The minimum absolute atomic E-state index is 0.155. The lowest BCUT2D eigenvalue weighted by Crippen LogP contribution is -2.22. The second-order valence-electron chi connectivity index (χ2n) is 5.91. The van der Waals surface area contributed by atoms with Crippen LogP contribution in [0.2, 0.25) is 0 Å². The van der Waals surface area contributed by atoms with Crippen LogP contribution in [0.15, 0.2) is 78.9 Å².